The molecule has 2 aromatic carbocycles. The summed E-state index contributed by atoms with van der Waals surface area (Å²) >= 11 is 0. The van der Waals surface area contributed by atoms with Gasteiger partial charge in [-0.1, -0.05) is 24.3 Å². The van der Waals surface area contributed by atoms with Crippen LogP contribution in [-0.4, -0.2) is 33.9 Å². The zero-order valence-electron chi connectivity index (χ0n) is 17.7. The number of aryl methyl sites for hydroxylation is 2. The van der Waals surface area contributed by atoms with Crippen molar-refractivity contribution >= 4 is 5.91 Å². The number of hydrogen-bond acceptors (Lipinski definition) is 3. The highest BCUT2D eigenvalue weighted by molar-refractivity contribution is 5.96. The number of piperidine rings is 1. The molecule has 1 amide bonds. The molecule has 0 bridgehead atoms. The maximum Gasteiger partial charge on any atom is 0.254 e. The van der Waals surface area contributed by atoms with Gasteiger partial charge >= 0.3 is 0 Å². The number of hydrogen-bond donors (Lipinski definition) is 0. The summed E-state index contributed by atoms with van der Waals surface area (Å²) in [6, 6.07) is 12.3. The van der Waals surface area contributed by atoms with E-state index in [4.69, 9.17) is 4.98 Å². The molecule has 0 aliphatic carbocycles. The average Bonchev–Trinajstić information content (AvgIpc) is 2.76. The van der Waals surface area contributed by atoms with E-state index in [9.17, 15) is 9.18 Å². The summed E-state index contributed by atoms with van der Waals surface area (Å²) in [5.74, 6) is 0.634. The van der Waals surface area contributed by atoms with Gasteiger partial charge in [0.25, 0.3) is 5.91 Å². The van der Waals surface area contributed by atoms with Crippen LogP contribution in [0.1, 0.15) is 51.8 Å². The van der Waals surface area contributed by atoms with Gasteiger partial charge in [0.2, 0.25) is 0 Å². The Morgan fingerprint density at radius 2 is 1.87 bits per heavy atom. The van der Waals surface area contributed by atoms with Crippen LogP contribution in [0.3, 0.4) is 0 Å². The number of carbonyl (C=O) groups excluding carboxylic acids is 1. The zero-order valence-corrected chi connectivity index (χ0v) is 17.7. The van der Waals surface area contributed by atoms with Crippen LogP contribution < -0.4 is 0 Å². The number of nitrogens with zero attached hydrogens (tertiary/aromatic N) is 3. The van der Waals surface area contributed by atoms with Crippen molar-refractivity contribution in [3.8, 4) is 11.1 Å². The first kappa shape index (κ1) is 20.2. The Bertz CT molecular complexity index is 1080. The summed E-state index contributed by atoms with van der Waals surface area (Å²) in [7, 11) is 0. The zero-order chi connectivity index (χ0) is 21.3. The highest BCUT2D eigenvalue weighted by Crippen LogP contribution is 2.33. The van der Waals surface area contributed by atoms with Crippen LogP contribution in [0.5, 0.6) is 0 Å². The Balaban J connectivity index is 1.65. The van der Waals surface area contributed by atoms with Crippen LogP contribution in [0.25, 0.3) is 11.1 Å². The van der Waals surface area contributed by atoms with Crippen LogP contribution in [0.4, 0.5) is 4.39 Å². The maximum absolute atomic E-state index is 13.4. The van der Waals surface area contributed by atoms with Gasteiger partial charge in [-0.3, -0.25) is 4.79 Å². The van der Waals surface area contributed by atoms with Gasteiger partial charge in [0.05, 0.1) is 5.69 Å². The third kappa shape index (κ3) is 3.97. The third-order valence-corrected chi connectivity index (χ3v) is 6.02. The van der Waals surface area contributed by atoms with E-state index in [-0.39, 0.29) is 17.6 Å². The second-order valence-electron chi connectivity index (χ2n) is 8.06. The second-order valence-corrected chi connectivity index (χ2v) is 8.06. The van der Waals surface area contributed by atoms with Crippen molar-refractivity contribution in [3.05, 3.63) is 82.7 Å². The summed E-state index contributed by atoms with van der Waals surface area (Å²) in [4.78, 5) is 24.3. The molecular formula is C25H26FN3O. The first-order valence-corrected chi connectivity index (χ1v) is 10.4. The van der Waals surface area contributed by atoms with Crippen LogP contribution in [0.15, 0.2) is 48.7 Å². The molecule has 1 aromatic heterocycles. The van der Waals surface area contributed by atoms with Crippen molar-refractivity contribution in [1.29, 1.82) is 0 Å². The van der Waals surface area contributed by atoms with E-state index >= 15 is 0 Å². The van der Waals surface area contributed by atoms with Gasteiger partial charge in [-0.15, -0.1) is 0 Å². The number of likely N-dealkylation sites (tertiary alicyclic amines) is 1. The second kappa shape index (κ2) is 8.34. The Morgan fingerprint density at radius 1 is 1.10 bits per heavy atom. The first-order valence-electron chi connectivity index (χ1n) is 10.4. The fourth-order valence-electron chi connectivity index (χ4n) is 4.19. The van der Waals surface area contributed by atoms with E-state index in [1.54, 1.807) is 12.1 Å². The molecule has 1 aliphatic rings. The molecule has 1 atom stereocenters. The molecule has 5 heteroatoms. The highest BCUT2D eigenvalue weighted by Gasteiger charge is 2.29. The minimum Gasteiger partial charge on any atom is -0.338 e. The molecule has 3 aromatic rings. The fourth-order valence-corrected chi connectivity index (χ4v) is 4.19. The smallest absolute Gasteiger partial charge is 0.254 e. The molecule has 0 saturated carbocycles. The molecule has 1 fully saturated rings. The number of amides is 1. The molecular weight excluding hydrogens is 377 g/mol. The Hall–Kier alpha value is -3.08. The molecule has 1 unspecified atom stereocenters. The number of carbonyl (C=O) groups is 1. The standard InChI is InChI=1S/C25H26FN3O/c1-16-6-4-8-22(17(16)2)25(30)29-13-5-7-20(15-29)24-23(14-27-18(3)28-24)19-9-11-21(26)12-10-19/h4,6,8-12,14,20H,5,7,13,15H2,1-3H3. The van der Waals surface area contributed by atoms with Crippen molar-refractivity contribution in [2.24, 2.45) is 0 Å². The molecule has 1 aliphatic heterocycles. The molecule has 2 heterocycles. The van der Waals surface area contributed by atoms with Crippen molar-refractivity contribution in [1.82, 2.24) is 14.9 Å². The lowest BCUT2D eigenvalue weighted by Gasteiger charge is -2.33. The number of rotatable bonds is 3. The summed E-state index contributed by atoms with van der Waals surface area (Å²) in [5, 5.41) is 0. The van der Waals surface area contributed by atoms with E-state index < -0.39 is 0 Å². The van der Waals surface area contributed by atoms with Crippen LogP contribution in [0, 0.1) is 26.6 Å². The lowest BCUT2D eigenvalue weighted by molar-refractivity contribution is 0.0705. The van der Waals surface area contributed by atoms with E-state index in [0.29, 0.717) is 12.4 Å². The molecule has 1 saturated heterocycles. The highest BCUT2D eigenvalue weighted by atomic mass is 19.1. The van der Waals surface area contributed by atoms with Crippen molar-refractivity contribution in [2.75, 3.05) is 13.1 Å². The molecule has 0 radical (unpaired) electrons. The van der Waals surface area contributed by atoms with Gasteiger partial charge in [0.1, 0.15) is 11.6 Å². The summed E-state index contributed by atoms with van der Waals surface area (Å²) < 4.78 is 13.4. The van der Waals surface area contributed by atoms with Crippen molar-refractivity contribution < 1.29 is 9.18 Å². The first-order chi connectivity index (χ1) is 14.4. The predicted octanol–water partition coefficient (Wildman–Crippen LogP) is 5.23. The molecule has 4 rings (SSSR count). The number of halogens is 1. The summed E-state index contributed by atoms with van der Waals surface area (Å²) in [6.07, 6.45) is 3.70. The summed E-state index contributed by atoms with van der Waals surface area (Å²) in [5.41, 5.74) is 5.67. The van der Waals surface area contributed by atoms with Crippen LogP contribution in [-0.2, 0) is 0 Å². The largest absolute Gasteiger partial charge is 0.338 e. The fraction of sp³-hybridized carbons (Fsp3) is 0.320. The Kier molecular flexibility index (Phi) is 5.62. The number of benzene rings is 2. The molecule has 30 heavy (non-hydrogen) atoms. The van der Waals surface area contributed by atoms with Gasteiger partial charge < -0.3 is 4.90 Å². The lowest BCUT2D eigenvalue weighted by Crippen LogP contribution is -2.39. The Morgan fingerprint density at radius 3 is 2.63 bits per heavy atom. The van der Waals surface area contributed by atoms with Crippen molar-refractivity contribution in [3.63, 3.8) is 0 Å². The normalized spacial score (nSPS) is 16.5. The van der Waals surface area contributed by atoms with Gasteiger partial charge in [-0.05, 0) is 68.5 Å². The van der Waals surface area contributed by atoms with Gasteiger partial charge in [0, 0.05) is 36.3 Å². The topological polar surface area (TPSA) is 46.1 Å². The van der Waals surface area contributed by atoms with Crippen LogP contribution in [0.2, 0.25) is 0 Å². The minimum atomic E-state index is -0.267. The molecule has 154 valence electrons. The molecule has 4 nitrogen and oxygen atoms in total. The van der Waals surface area contributed by atoms with Gasteiger partial charge in [0.15, 0.2) is 0 Å². The molecule has 0 spiro atoms. The third-order valence-electron chi connectivity index (χ3n) is 6.02. The summed E-state index contributed by atoms with van der Waals surface area (Å²) in [6.45, 7) is 7.28. The van der Waals surface area contributed by atoms with Gasteiger partial charge in [-0.25, -0.2) is 14.4 Å². The van der Waals surface area contributed by atoms with Crippen LogP contribution >= 0.6 is 0 Å². The van der Waals surface area contributed by atoms with E-state index in [2.05, 4.69) is 4.98 Å². The Labute approximate surface area is 176 Å². The average molecular weight is 404 g/mol. The number of aromatic nitrogens is 2. The predicted molar refractivity (Wildman–Crippen MR) is 116 cm³/mol. The SMILES string of the molecule is Cc1ncc(-c2ccc(F)cc2)c(C2CCCN(C(=O)c3cccc(C)c3C)C2)n1. The maximum atomic E-state index is 13.4. The van der Waals surface area contributed by atoms with Crippen molar-refractivity contribution in [2.45, 2.75) is 39.5 Å². The monoisotopic (exact) mass is 403 g/mol. The minimum absolute atomic E-state index is 0.0787. The van der Waals surface area contributed by atoms with E-state index in [0.717, 1.165) is 52.9 Å². The van der Waals surface area contributed by atoms with E-state index in [1.807, 2.05) is 50.1 Å². The van der Waals surface area contributed by atoms with E-state index in [1.165, 1.54) is 12.1 Å². The molecule has 0 N–H and O–H groups in total. The lowest BCUT2D eigenvalue weighted by atomic mass is 9.89. The quantitative estimate of drug-likeness (QED) is 0.602. The van der Waals surface area contributed by atoms with Gasteiger partial charge in [-0.2, -0.15) is 0 Å².